The van der Waals surface area contributed by atoms with E-state index in [1.165, 1.54) is 23.1 Å². The Hall–Kier alpha value is -3.08. The van der Waals surface area contributed by atoms with Gasteiger partial charge in [0.25, 0.3) is 0 Å². The average Bonchev–Trinajstić information content (AvgIpc) is 2.79. The quantitative estimate of drug-likeness (QED) is 0.777. The molecule has 172 valence electrons. The average molecular weight is 449 g/mol. The molecule has 0 saturated carbocycles. The van der Waals surface area contributed by atoms with Crippen molar-refractivity contribution in [3.05, 3.63) is 42.2 Å². The second kappa shape index (κ2) is 9.19. The second-order valence-electron chi connectivity index (χ2n) is 7.97. The normalized spacial score (nSPS) is 18.1. The van der Waals surface area contributed by atoms with Gasteiger partial charge < -0.3 is 24.9 Å². The molecule has 8 nitrogen and oxygen atoms in total. The van der Waals surface area contributed by atoms with E-state index in [4.69, 9.17) is 0 Å². The zero-order chi connectivity index (χ0) is 22.7. The lowest BCUT2D eigenvalue weighted by Crippen LogP contribution is -2.50. The third-order valence-corrected chi connectivity index (χ3v) is 5.83. The van der Waals surface area contributed by atoms with Gasteiger partial charge >= 0.3 is 12.2 Å². The van der Waals surface area contributed by atoms with E-state index in [0.717, 1.165) is 43.9 Å². The predicted molar refractivity (Wildman–Crippen MR) is 116 cm³/mol. The van der Waals surface area contributed by atoms with Crippen LogP contribution in [-0.2, 0) is 6.18 Å². The smallest absolute Gasteiger partial charge is 0.354 e. The summed E-state index contributed by atoms with van der Waals surface area (Å²) in [6, 6.07) is 6.41. The first kappa shape index (κ1) is 22.1. The Morgan fingerprint density at radius 1 is 0.906 bits per heavy atom. The van der Waals surface area contributed by atoms with Crippen molar-refractivity contribution in [2.45, 2.75) is 6.18 Å². The minimum atomic E-state index is -4.53. The Morgan fingerprint density at radius 3 is 2.06 bits per heavy atom. The van der Waals surface area contributed by atoms with Crippen molar-refractivity contribution >= 4 is 23.4 Å². The van der Waals surface area contributed by atoms with Gasteiger partial charge in [0.05, 0.1) is 11.3 Å². The molecule has 3 heterocycles. The van der Waals surface area contributed by atoms with E-state index in [2.05, 4.69) is 37.0 Å². The first-order valence-corrected chi connectivity index (χ1v) is 10.5. The number of urea groups is 1. The van der Waals surface area contributed by atoms with E-state index in [1.54, 1.807) is 6.33 Å². The number of hydrogen-bond donors (Lipinski definition) is 1. The number of alkyl halides is 3. The number of para-hydroxylation sites is 1. The molecule has 0 aliphatic carbocycles. The summed E-state index contributed by atoms with van der Waals surface area (Å²) in [5, 5.41) is 2.41. The van der Waals surface area contributed by atoms with E-state index >= 15 is 0 Å². The summed E-state index contributed by atoms with van der Waals surface area (Å²) in [5.41, 5.74) is -1.09. The maximum atomic E-state index is 13.2. The minimum Gasteiger partial charge on any atom is -0.354 e. The van der Waals surface area contributed by atoms with Gasteiger partial charge in [-0.2, -0.15) is 13.2 Å². The van der Waals surface area contributed by atoms with Crippen LogP contribution in [0.3, 0.4) is 0 Å². The fourth-order valence-electron chi connectivity index (χ4n) is 3.89. The van der Waals surface area contributed by atoms with Crippen LogP contribution in [0.4, 0.5) is 35.3 Å². The van der Waals surface area contributed by atoms with Gasteiger partial charge in [0.2, 0.25) is 0 Å². The maximum absolute atomic E-state index is 13.2. The fourth-order valence-corrected chi connectivity index (χ4v) is 3.89. The van der Waals surface area contributed by atoms with Gasteiger partial charge in [-0.1, -0.05) is 12.1 Å². The molecule has 2 aliphatic rings. The molecule has 4 rings (SSSR count). The number of rotatable bonds is 3. The number of carbonyl (C=O) groups excluding carboxylic acids is 1. The van der Waals surface area contributed by atoms with Crippen LogP contribution in [0.1, 0.15) is 5.56 Å². The zero-order valence-electron chi connectivity index (χ0n) is 17.8. The lowest BCUT2D eigenvalue weighted by Gasteiger charge is -2.36. The molecule has 11 heteroatoms. The van der Waals surface area contributed by atoms with Gasteiger partial charge in [-0.05, 0) is 19.2 Å². The highest BCUT2D eigenvalue weighted by molar-refractivity contribution is 5.90. The summed E-state index contributed by atoms with van der Waals surface area (Å²) in [6.07, 6.45) is -2.98. The lowest BCUT2D eigenvalue weighted by molar-refractivity contribution is -0.136. The van der Waals surface area contributed by atoms with Crippen molar-refractivity contribution < 1.29 is 18.0 Å². The number of nitrogens with zero attached hydrogens (tertiary/aromatic N) is 6. The van der Waals surface area contributed by atoms with Gasteiger partial charge in [-0.3, -0.25) is 0 Å². The predicted octanol–water partition coefficient (Wildman–Crippen LogP) is 2.60. The summed E-state index contributed by atoms with van der Waals surface area (Å²) in [6.45, 7) is 5.60. The number of halogens is 3. The topological polar surface area (TPSA) is 67.8 Å². The lowest BCUT2D eigenvalue weighted by atomic mass is 10.1. The highest BCUT2D eigenvalue weighted by Crippen LogP contribution is 2.34. The van der Waals surface area contributed by atoms with Crippen molar-refractivity contribution in [1.82, 2.24) is 19.8 Å². The Kier molecular flexibility index (Phi) is 6.35. The largest absolute Gasteiger partial charge is 0.418 e. The number of carbonyl (C=O) groups is 1. The van der Waals surface area contributed by atoms with Crippen molar-refractivity contribution in [1.29, 1.82) is 0 Å². The van der Waals surface area contributed by atoms with E-state index < -0.39 is 17.8 Å². The number of benzene rings is 1. The van der Waals surface area contributed by atoms with Gasteiger partial charge in [0.1, 0.15) is 18.0 Å². The van der Waals surface area contributed by atoms with E-state index in [0.29, 0.717) is 26.2 Å². The standard InChI is InChI=1S/C21H26F3N7O/c1-28-6-8-29(9-7-28)18-14-19(26-15-25-18)30-10-12-31(13-11-30)20(32)27-17-5-3-2-4-16(17)21(22,23)24/h2-5,14-15H,6-13H2,1H3,(H,27,32). The molecule has 2 fully saturated rings. The fraction of sp³-hybridized carbons (Fsp3) is 0.476. The van der Waals surface area contributed by atoms with Crippen molar-refractivity contribution in [2.24, 2.45) is 0 Å². The molecule has 0 unspecified atom stereocenters. The molecule has 0 radical (unpaired) electrons. The summed E-state index contributed by atoms with van der Waals surface area (Å²) < 4.78 is 39.5. The van der Waals surface area contributed by atoms with E-state index in [9.17, 15) is 18.0 Å². The number of nitrogens with one attached hydrogen (secondary N) is 1. The van der Waals surface area contributed by atoms with Crippen LogP contribution < -0.4 is 15.1 Å². The molecule has 2 amide bonds. The number of amides is 2. The zero-order valence-corrected chi connectivity index (χ0v) is 17.8. The maximum Gasteiger partial charge on any atom is 0.418 e. The summed E-state index contributed by atoms with van der Waals surface area (Å²) in [5.74, 6) is 1.67. The van der Waals surface area contributed by atoms with Crippen LogP contribution in [0.25, 0.3) is 0 Å². The number of likely N-dealkylation sites (N-methyl/N-ethyl adjacent to an activating group) is 1. The monoisotopic (exact) mass is 449 g/mol. The molecule has 32 heavy (non-hydrogen) atoms. The van der Waals surface area contributed by atoms with Crippen molar-refractivity contribution in [3.8, 4) is 0 Å². The molecule has 2 aliphatic heterocycles. The molecule has 1 aromatic carbocycles. The van der Waals surface area contributed by atoms with Gasteiger partial charge in [0, 0.05) is 58.4 Å². The van der Waals surface area contributed by atoms with Crippen LogP contribution in [0.15, 0.2) is 36.7 Å². The van der Waals surface area contributed by atoms with Gasteiger partial charge in [0.15, 0.2) is 0 Å². The molecule has 0 atom stereocenters. The molecular weight excluding hydrogens is 423 g/mol. The molecule has 0 spiro atoms. The van der Waals surface area contributed by atoms with Gasteiger partial charge in [-0.15, -0.1) is 0 Å². The molecule has 1 aromatic heterocycles. The number of anilines is 3. The summed E-state index contributed by atoms with van der Waals surface area (Å²) in [7, 11) is 2.10. The molecular formula is C21H26F3N7O. The van der Waals surface area contributed by atoms with E-state index in [1.807, 2.05) is 6.07 Å². The second-order valence-corrected chi connectivity index (χ2v) is 7.97. The summed E-state index contributed by atoms with van der Waals surface area (Å²) in [4.78, 5) is 29.4. The van der Waals surface area contributed by atoms with Gasteiger partial charge in [-0.25, -0.2) is 14.8 Å². The van der Waals surface area contributed by atoms with Crippen LogP contribution >= 0.6 is 0 Å². The third kappa shape index (κ3) is 5.04. The Labute approximate surface area is 184 Å². The van der Waals surface area contributed by atoms with E-state index in [-0.39, 0.29) is 5.69 Å². The number of hydrogen-bond acceptors (Lipinski definition) is 6. The van der Waals surface area contributed by atoms with Crippen molar-refractivity contribution in [2.75, 3.05) is 74.5 Å². The van der Waals surface area contributed by atoms with Crippen LogP contribution in [0.2, 0.25) is 0 Å². The van der Waals surface area contributed by atoms with Crippen LogP contribution in [-0.4, -0.2) is 85.2 Å². The third-order valence-electron chi connectivity index (χ3n) is 5.83. The minimum absolute atomic E-state index is 0.236. The Balaban J connectivity index is 1.36. The Morgan fingerprint density at radius 2 is 1.47 bits per heavy atom. The highest BCUT2D eigenvalue weighted by Gasteiger charge is 2.34. The molecule has 2 aromatic rings. The molecule has 1 N–H and O–H groups in total. The molecule has 0 bridgehead atoms. The highest BCUT2D eigenvalue weighted by atomic mass is 19.4. The number of piperazine rings is 2. The Bertz CT molecular complexity index is 939. The van der Waals surface area contributed by atoms with Crippen LogP contribution in [0.5, 0.6) is 0 Å². The summed E-state index contributed by atoms with van der Waals surface area (Å²) >= 11 is 0. The first-order chi connectivity index (χ1) is 15.3. The first-order valence-electron chi connectivity index (χ1n) is 10.5. The number of aromatic nitrogens is 2. The van der Waals surface area contributed by atoms with Crippen LogP contribution in [0, 0.1) is 0 Å². The molecule has 2 saturated heterocycles. The van der Waals surface area contributed by atoms with Crippen molar-refractivity contribution in [3.63, 3.8) is 0 Å². The SMILES string of the molecule is CN1CCN(c2cc(N3CCN(C(=O)Nc4ccccc4C(F)(F)F)CC3)ncn2)CC1.